The van der Waals surface area contributed by atoms with Gasteiger partial charge in [0.05, 0.1) is 23.3 Å². The van der Waals surface area contributed by atoms with Crippen molar-refractivity contribution in [2.45, 2.75) is 0 Å². The Morgan fingerprint density at radius 2 is 0.758 bits per heavy atom. The monoisotopic (exact) mass is 490 g/mol. The SMILES string of the molecule is O=C([O-])c1ccc(N2C(=O)C=CC2=O)cc1.O=C([O-])c1ccc(N2C(=O)C=CC2=O)cc1.[Ni+2]. The number of carbonyl (C=O) groups is 6. The topological polar surface area (TPSA) is 155 Å². The molecular formula is C22H12N2NiO8. The fourth-order valence-electron chi connectivity index (χ4n) is 2.80. The maximum atomic E-state index is 11.3. The fourth-order valence-corrected chi connectivity index (χ4v) is 2.80. The summed E-state index contributed by atoms with van der Waals surface area (Å²) in [6.07, 6.45) is 4.65. The summed E-state index contributed by atoms with van der Waals surface area (Å²) in [7, 11) is 0. The second kappa shape index (κ2) is 10.3. The molecule has 4 amide bonds. The molecule has 4 rings (SSSR count). The third kappa shape index (κ3) is 5.47. The van der Waals surface area contributed by atoms with Gasteiger partial charge in [-0.2, -0.15) is 0 Å². The molecule has 2 aliphatic heterocycles. The summed E-state index contributed by atoms with van der Waals surface area (Å²) in [6.45, 7) is 0. The van der Waals surface area contributed by atoms with E-state index in [9.17, 15) is 39.0 Å². The minimum atomic E-state index is -1.30. The van der Waals surface area contributed by atoms with E-state index >= 15 is 0 Å². The molecule has 10 nitrogen and oxygen atoms in total. The summed E-state index contributed by atoms with van der Waals surface area (Å²) in [4.78, 5) is 68.1. The number of aromatic carboxylic acids is 2. The number of rotatable bonds is 4. The number of amides is 4. The van der Waals surface area contributed by atoms with E-state index in [2.05, 4.69) is 0 Å². The van der Waals surface area contributed by atoms with Gasteiger partial charge in [0.15, 0.2) is 0 Å². The average molecular weight is 491 g/mol. The van der Waals surface area contributed by atoms with Gasteiger partial charge in [0.1, 0.15) is 0 Å². The minimum Gasteiger partial charge on any atom is -0.545 e. The van der Waals surface area contributed by atoms with Crippen LogP contribution in [0, 0.1) is 0 Å². The Bertz CT molecular complexity index is 1070. The quantitative estimate of drug-likeness (QED) is 0.388. The molecule has 33 heavy (non-hydrogen) atoms. The Labute approximate surface area is 196 Å². The van der Waals surface area contributed by atoms with Gasteiger partial charge in [-0.1, -0.05) is 24.3 Å². The molecule has 0 atom stereocenters. The van der Waals surface area contributed by atoms with Gasteiger partial charge in [0.25, 0.3) is 23.6 Å². The van der Waals surface area contributed by atoms with E-state index in [0.29, 0.717) is 11.4 Å². The molecular weight excluding hydrogens is 479 g/mol. The van der Waals surface area contributed by atoms with Crippen LogP contribution in [0.2, 0.25) is 0 Å². The Kier molecular flexibility index (Phi) is 7.77. The van der Waals surface area contributed by atoms with Gasteiger partial charge < -0.3 is 19.8 Å². The van der Waals surface area contributed by atoms with Crippen molar-refractivity contribution in [2.24, 2.45) is 0 Å². The molecule has 0 fully saturated rings. The van der Waals surface area contributed by atoms with Crippen LogP contribution in [0.4, 0.5) is 11.4 Å². The summed E-state index contributed by atoms with van der Waals surface area (Å²) in [5.41, 5.74) is 0.668. The van der Waals surface area contributed by atoms with Crippen molar-refractivity contribution in [2.75, 3.05) is 9.80 Å². The Hall–Kier alpha value is -4.37. The number of carbonyl (C=O) groups excluding carboxylic acids is 6. The first-order valence-corrected chi connectivity index (χ1v) is 8.94. The van der Waals surface area contributed by atoms with Crippen molar-refractivity contribution < 1.29 is 55.5 Å². The maximum Gasteiger partial charge on any atom is 2.00 e. The number of carboxylic acids is 2. The van der Waals surface area contributed by atoms with Crippen molar-refractivity contribution in [1.82, 2.24) is 0 Å². The van der Waals surface area contributed by atoms with Crippen LogP contribution in [0.3, 0.4) is 0 Å². The number of carboxylic acid groups (broad SMARTS) is 2. The molecule has 0 saturated carbocycles. The van der Waals surface area contributed by atoms with Crippen LogP contribution in [0.1, 0.15) is 20.7 Å². The summed E-state index contributed by atoms with van der Waals surface area (Å²) >= 11 is 0. The largest absolute Gasteiger partial charge is 2.00 e. The van der Waals surface area contributed by atoms with Crippen LogP contribution in [-0.4, -0.2) is 35.6 Å². The van der Waals surface area contributed by atoms with Crippen LogP contribution < -0.4 is 20.0 Å². The van der Waals surface area contributed by atoms with Gasteiger partial charge in [-0.3, -0.25) is 19.2 Å². The summed E-state index contributed by atoms with van der Waals surface area (Å²) < 4.78 is 0. The number of anilines is 2. The first kappa shape index (κ1) is 24.9. The molecule has 2 aromatic rings. The molecule has 0 aromatic heterocycles. The summed E-state index contributed by atoms with van der Waals surface area (Å²) in [5, 5.41) is 21.0. The number of hydrogen-bond donors (Lipinski definition) is 0. The first-order valence-electron chi connectivity index (χ1n) is 8.94. The third-order valence-electron chi connectivity index (χ3n) is 4.34. The summed E-state index contributed by atoms with van der Waals surface area (Å²) in [5.74, 6) is -4.36. The summed E-state index contributed by atoms with van der Waals surface area (Å²) in [6, 6.07) is 10.7. The average Bonchev–Trinajstić information content (AvgIpc) is 3.28. The van der Waals surface area contributed by atoms with Crippen LogP contribution >= 0.6 is 0 Å². The molecule has 11 heteroatoms. The van der Waals surface area contributed by atoms with Crippen LogP contribution in [0.25, 0.3) is 0 Å². The predicted octanol–water partition coefficient (Wildman–Crippen LogP) is -1.04. The Morgan fingerprint density at radius 1 is 0.515 bits per heavy atom. The van der Waals surface area contributed by atoms with Gasteiger partial charge in [-0.15, -0.1) is 0 Å². The second-order valence-corrected chi connectivity index (χ2v) is 6.36. The first-order chi connectivity index (χ1) is 15.2. The van der Waals surface area contributed by atoms with Crippen molar-refractivity contribution in [3.8, 4) is 0 Å². The van der Waals surface area contributed by atoms with Crippen molar-refractivity contribution in [3.63, 3.8) is 0 Å². The van der Waals surface area contributed by atoms with Gasteiger partial charge in [-0.05, 0) is 35.4 Å². The smallest absolute Gasteiger partial charge is 0.545 e. The predicted molar refractivity (Wildman–Crippen MR) is 105 cm³/mol. The molecule has 0 radical (unpaired) electrons. The van der Waals surface area contributed by atoms with Crippen molar-refractivity contribution in [1.29, 1.82) is 0 Å². The molecule has 2 aliphatic rings. The molecule has 2 aromatic carbocycles. The minimum absolute atomic E-state index is 0. The molecule has 0 N–H and O–H groups in total. The molecule has 168 valence electrons. The number of nitrogens with zero attached hydrogens (tertiary/aromatic N) is 2. The van der Waals surface area contributed by atoms with Gasteiger partial charge >= 0.3 is 16.5 Å². The molecule has 0 saturated heterocycles. The molecule has 0 unspecified atom stereocenters. The third-order valence-corrected chi connectivity index (χ3v) is 4.34. The van der Waals surface area contributed by atoms with E-state index in [1.807, 2.05) is 0 Å². The normalized spacial score (nSPS) is 14.2. The zero-order valence-corrected chi connectivity index (χ0v) is 17.4. The van der Waals surface area contributed by atoms with Crippen molar-refractivity contribution >= 4 is 46.9 Å². The number of hydrogen-bond acceptors (Lipinski definition) is 8. The number of imide groups is 2. The van der Waals surface area contributed by atoms with Gasteiger partial charge in [-0.25, -0.2) is 9.80 Å². The molecule has 0 spiro atoms. The number of benzene rings is 2. The zero-order valence-electron chi connectivity index (χ0n) is 16.4. The van der Waals surface area contributed by atoms with Gasteiger partial charge in [0.2, 0.25) is 0 Å². The molecule has 2 heterocycles. The van der Waals surface area contributed by atoms with E-state index in [-0.39, 0.29) is 27.6 Å². The fraction of sp³-hybridized carbons (Fsp3) is 0. The van der Waals surface area contributed by atoms with Crippen LogP contribution in [0.15, 0.2) is 72.8 Å². The van der Waals surface area contributed by atoms with E-state index in [0.717, 1.165) is 34.1 Å². The zero-order chi connectivity index (χ0) is 23.4. The van der Waals surface area contributed by atoms with E-state index in [4.69, 9.17) is 0 Å². The Balaban J connectivity index is 0.000000227. The molecule has 0 aliphatic carbocycles. The second-order valence-electron chi connectivity index (χ2n) is 6.36. The van der Waals surface area contributed by atoms with E-state index in [1.165, 1.54) is 48.5 Å². The molecule has 0 bridgehead atoms. The standard InChI is InChI=1S/2C11H7NO4.Ni/c2*13-9-5-6-10(14)12(9)8-3-1-7(2-4-8)11(15)16;/h2*1-6H,(H,15,16);/q;;+2/p-2. The Morgan fingerprint density at radius 3 is 0.970 bits per heavy atom. The van der Waals surface area contributed by atoms with Crippen LogP contribution in [-0.2, 0) is 35.7 Å². The van der Waals surface area contributed by atoms with Gasteiger partial charge in [0, 0.05) is 24.3 Å². The van der Waals surface area contributed by atoms with Crippen molar-refractivity contribution in [3.05, 3.63) is 84.0 Å². The van der Waals surface area contributed by atoms with E-state index < -0.39 is 35.6 Å². The maximum absolute atomic E-state index is 11.3. The van der Waals surface area contributed by atoms with Crippen LogP contribution in [0.5, 0.6) is 0 Å². The van der Waals surface area contributed by atoms with E-state index in [1.54, 1.807) is 0 Å².